The van der Waals surface area contributed by atoms with E-state index >= 15 is 0 Å². The summed E-state index contributed by atoms with van der Waals surface area (Å²) >= 11 is 7.70. The average Bonchev–Trinajstić information content (AvgIpc) is 3.33. The summed E-state index contributed by atoms with van der Waals surface area (Å²) in [5.74, 6) is 1.84. The minimum absolute atomic E-state index is 0.730. The molecule has 2 aromatic carbocycles. The fourth-order valence-electron chi connectivity index (χ4n) is 3.11. The highest BCUT2D eigenvalue weighted by Crippen LogP contribution is 2.34. The number of unbranched alkanes of at least 4 members (excludes halogenated alkanes) is 1. The Hall–Kier alpha value is -2.04. The third kappa shape index (κ3) is 3.57. The summed E-state index contributed by atoms with van der Waals surface area (Å²) in [6.07, 6.45) is 2.17. The molecule has 3 nitrogen and oxygen atoms in total. The van der Waals surface area contributed by atoms with Crippen LogP contribution in [-0.2, 0) is 0 Å². The summed E-state index contributed by atoms with van der Waals surface area (Å²) in [5, 5.41) is 5.73. The van der Waals surface area contributed by atoms with Gasteiger partial charge in [-0.15, -0.1) is 11.3 Å². The van der Waals surface area contributed by atoms with E-state index in [1.54, 1.807) is 11.3 Å². The van der Waals surface area contributed by atoms with E-state index in [0.29, 0.717) is 0 Å². The highest BCUT2D eigenvalue weighted by atomic mass is 35.5. The zero-order valence-electron chi connectivity index (χ0n) is 14.7. The molecule has 1 aromatic heterocycles. The number of hydrogen-bond donors (Lipinski definition) is 1. The molecule has 1 aliphatic heterocycles. The molecule has 0 saturated carbocycles. The van der Waals surface area contributed by atoms with Crippen molar-refractivity contribution in [2.75, 3.05) is 19.7 Å². The zero-order chi connectivity index (χ0) is 17.9. The molecule has 1 N–H and O–H groups in total. The molecule has 0 spiro atoms. The van der Waals surface area contributed by atoms with E-state index in [9.17, 15) is 0 Å². The number of ether oxygens (including phenoxy) is 1. The molecular formula is C21H21ClN2OS. The van der Waals surface area contributed by atoms with E-state index < -0.39 is 0 Å². The molecule has 0 radical (unpaired) electrons. The first-order chi connectivity index (χ1) is 12.7. The number of nitrogens with zero attached hydrogens (tertiary/aromatic N) is 1. The number of amidine groups is 1. The average molecular weight is 385 g/mol. The van der Waals surface area contributed by atoms with Crippen molar-refractivity contribution in [3.63, 3.8) is 0 Å². The Morgan fingerprint density at radius 3 is 2.81 bits per heavy atom. The Bertz CT molecular complexity index is 964. The van der Waals surface area contributed by atoms with Crippen molar-refractivity contribution in [3.8, 4) is 16.2 Å². The number of aliphatic imine (C=N–C) groups is 1. The van der Waals surface area contributed by atoms with Crippen LogP contribution in [0.5, 0.6) is 5.75 Å². The van der Waals surface area contributed by atoms with Crippen molar-refractivity contribution in [3.05, 3.63) is 52.4 Å². The van der Waals surface area contributed by atoms with Crippen LogP contribution in [0.15, 0.2) is 47.5 Å². The minimum Gasteiger partial charge on any atom is -0.493 e. The molecular weight excluding hydrogens is 364 g/mol. The fourth-order valence-corrected chi connectivity index (χ4v) is 4.15. The highest BCUT2D eigenvalue weighted by molar-refractivity contribution is 7.19. The Kier molecular flexibility index (Phi) is 5.14. The van der Waals surface area contributed by atoms with Gasteiger partial charge in [0.25, 0.3) is 0 Å². The van der Waals surface area contributed by atoms with Crippen LogP contribution in [0.4, 0.5) is 0 Å². The molecule has 0 aliphatic carbocycles. The van der Waals surface area contributed by atoms with Crippen molar-refractivity contribution >= 4 is 39.5 Å². The van der Waals surface area contributed by atoms with Gasteiger partial charge in [0.15, 0.2) is 0 Å². The molecule has 0 atom stereocenters. The van der Waals surface area contributed by atoms with E-state index in [0.717, 1.165) is 54.0 Å². The summed E-state index contributed by atoms with van der Waals surface area (Å²) in [6.45, 7) is 4.60. The maximum Gasteiger partial charge on any atom is 0.132 e. The van der Waals surface area contributed by atoms with Crippen molar-refractivity contribution in [1.82, 2.24) is 5.32 Å². The number of thiophene rings is 1. The second kappa shape index (κ2) is 7.68. The molecule has 4 rings (SSSR count). The van der Waals surface area contributed by atoms with Gasteiger partial charge in [-0.3, -0.25) is 4.99 Å². The first kappa shape index (κ1) is 17.4. The van der Waals surface area contributed by atoms with E-state index in [4.69, 9.17) is 16.3 Å². The Labute approximate surface area is 162 Å². The second-order valence-electron chi connectivity index (χ2n) is 6.37. The van der Waals surface area contributed by atoms with Crippen molar-refractivity contribution in [1.29, 1.82) is 0 Å². The number of halogens is 1. The third-order valence-corrected chi connectivity index (χ3v) is 5.76. The lowest BCUT2D eigenvalue weighted by Crippen LogP contribution is -2.20. The summed E-state index contributed by atoms with van der Waals surface area (Å²) in [7, 11) is 0. The number of benzene rings is 2. The predicted octanol–water partition coefficient (Wildman–Crippen LogP) is 5.75. The zero-order valence-corrected chi connectivity index (χ0v) is 16.3. The van der Waals surface area contributed by atoms with Crippen LogP contribution in [0.2, 0.25) is 4.34 Å². The van der Waals surface area contributed by atoms with Crippen LogP contribution in [0.3, 0.4) is 0 Å². The molecule has 0 unspecified atom stereocenters. The lowest BCUT2D eigenvalue weighted by molar-refractivity contribution is 0.309. The summed E-state index contributed by atoms with van der Waals surface area (Å²) in [5.41, 5.74) is 2.23. The maximum atomic E-state index is 6.10. The van der Waals surface area contributed by atoms with Gasteiger partial charge in [0, 0.05) is 11.4 Å². The summed E-state index contributed by atoms with van der Waals surface area (Å²) in [6, 6.07) is 14.8. The largest absolute Gasteiger partial charge is 0.493 e. The van der Waals surface area contributed by atoms with Gasteiger partial charge in [-0.05, 0) is 53.1 Å². The first-order valence-electron chi connectivity index (χ1n) is 8.99. The first-order valence-corrected chi connectivity index (χ1v) is 10.2. The smallest absolute Gasteiger partial charge is 0.132 e. The molecule has 3 aromatic rings. The molecule has 0 amide bonds. The van der Waals surface area contributed by atoms with Gasteiger partial charge >= 0.3 is 0 Å². The molecule has 5 heteroatoms. The van der Waals surface area contributed by atoms with Gasteiger partial charge in [0.1, 0.15) is 11.6 Å². The van der Waals surface area contributed by atoms with Crippen molar-refractivity contribution in [2.24, 2.45) is 4.99 Å². The van der Waals surface area contributed by atoms with Crippen LogP contribution >= 0.6 is 22.9 Å². The molecule has 2 heterocycles. The number of nitrogens with one attached hydrogen (secondary N) is 1. The van der Waals surface area contributed by atoms with Gasteiger partial charge in [-0.1, -0.05) is 37.1 Å². The van der Waals surface area contributed by atoms with Gasteiger partial charge in [0.2, 0.25) is 0 Å². The number of rotatable bonds is 6. The maximum absolute atomic E-state index is 6.10. The number of fused-ring (bicyclic) bond motifs is 1. The summed E-state index contributed by atoms with van der Waals surface area (Å²) in [4.78, 5) is 5.77. The molecule has 0 bridgehead atoms. The van der Waals surface area contributed by atoms with E-state index in [1.165, 1.54) is 21.2 Å². The molecule has 1 aliphatic rings. The van der Waals surface area contributed by atoms with Crippen LogP contribution in [0.25, 0.3) is 21.2 Å². The minimum atomic E-state index is 0.730. The van der Waals surface area contributed by atoms with Crippen LogP contribution < -0.4 is 10.1 Å². The molecule has 26 heavy (non-hydrogen) atoms. The van der Waals surface area contributed by atoms with Crippen LogP contribution in [-0.4, -0.2) is 25.5 Å². The molecule has 134 valence electrons. The Balaban J connectivity index is 1.77. The van der Waals surface area contributed by atoms with Gasteiger partial charge in [-0.25, -0.2) is 0 Å². The van der Waals surface area contributed by atoms with Gasteiger partial charge in [-0.2, -0.15) is 0 Å². The van der Waals surface area contributed by atoms with Crippen molar-refractivity contribution < 1.29 is 4.74 Å². The second-order valence-corrected chi connectivity index (χ2v) is 8.09. The van der Waals surface area contributed by atoms with Gasteiger partial charge < -0.3 is 10.1 Å². The van der Waals surface area contributed by atoms with Crippen LogP contribution in [0.1, 0.15) is 25.3 Å². The fraction of sp³-hybridized carbons (Fsp3) is 0.286. The standard InChI is InChI=1S/C21H21ClN2OS/c1-2-3-10-25-18-13-14-4-5-15(19-6-7-20(22)26-19)11-16(14)12-17(18)21-23-8-9-24-21/h4-7,11-13H,2-3,8-10H2,1H3,(H,23,24). The normalized spacial score (nSPS) is 13.7. The van der Waals surface area contributed by atoms with E-state index in [2.05, 4.69) is 53.6 Å². The quantitative estimate of drug-likeness (QED) is 0.549. The van der Waals surface area contributed by atoms with E-state index in [-0.39, 0.29) is 0 Å². The monoisotopic (exact) mass is 384 g/mol. The Morgan fingerprint density at radius 2 is 2.08 bits per heavy atom. The van der Waals surface area contributed by atoms with E-state index in [1.807, 2.05) is 6.07 Å². The predicted molar refractivity (Wildman–Crippen MR) is 112 cm³/mol. The summed E-state index contributed by atoms with van der Waals surface area (Å²) < 4.78 is 6.89. The Morgan fingerprint density at radius 1 is 1.15 bits per heavy atom. The lowest BCUT2D eigenvalue weighted by atomic mass is 10.0. The molecule has 0 saturated heterocycles. The van der Waals surface area contributed by atoms with Crippen molar-refractivity contribution in [2.45, 2.75) is 19.8 Å². The molecule has 0 fully saturated rings. The third-order valence-electron chi connectivity index (χ3n) is 4.48. The van der Waals surface area contributed by atoms with Crippen LogP contribution in [0, 0.1) is 0 Å². The number of hydrogen-bond acceptors (Lipinski definition) is 4. The lowest BCUT2D eigenvalue weighted by Gasteiger charge is -2.14. The highest BCUT2D eigenvalue weighted by Gasteiger charge is 2.15. The SMILES string of the molecule is CCCCOc1cc2ccc(-c3ccc(Cl)s3)cc2cc1C1=NCCN1. The van der Waals surface area contributed by atoms with Gasteiger partial charge in [0.05, 0.1) is 23.1 Å². The topological polar surface area (TPSA) is 33.6 Å².